The summed E-state index contributed by atoms with van der Waals surface area (Å²) in [5.74, 6) is -2.32. The number of nitrogens with two attached hydrogens (primary N) is 1. The van der Waals surface area contributed by atoms with Crippen LogP contribution in [0.1, 0.15) is 30.1 Å². The Kier molecular flexibility index (Phi) is 4.54. The highest BCUT2D eigenvalue weighted by molar-refractivity contribution is 5.94. The molecule has 1 atom stereocenters. The monoisotopic (exact) mass is 283 g/mol. The second-order valence-electron chi connectivity index (χ2n) is 5.24. The molecule has 20 heavy (non-hydrogen) atoms. The molecular weight excluding hydrogens is 264 g/mol. The topological polar surface area (TPSA) is 58.4 Å². The number of rotatable bonds is 4. The molecule has 1 saturated heterocycles. The van der Waals surface area contributed by atoms with E-state index in [9.17, 15) is 13.6 Å². The molecule has 1 aliphatic rings. The van der Waals surface area contributed by atoms with E-state index in [1.807, 2.05) is 6.92 Å². The maximum absolute atomic E-state index is 13.3. The second-order valence-corrected chi connectivity index (χ2v) is 5.24. The molecule has 0 saturated carbocycles. The first kappa shape index (κ1) is 14.7. The number of benzene rings is 1. The lowest BCUT2D eigenvalue weighted by Gasteiger charge is -2.21. The summed E-state index contributed by atoms with van der Waals surface area (Å²) in [5.41, 5.74) is 4.56. The molecule has 2 rings (SSSR count). The van der Waals surface area contributed by atoms with Gasteiger partial charge in [-0.3, -0.25) is 4.79 Å². The van der Waals surface area contributed by atoms with Crippen molar-refractivity contribution in [3.8, 4) is 0 Å². The number of likely N-dealkylation sites (tertiary alicyclic amines) is 1. The third-order valence-corrected chi connectivity index (χ3v) is 3.45. The van der Waals surface area contributed by atoms with E-state index in [1.54, 1.807) is 0 Å². The van der Waals surface area contributed by atoms with Crippen LogP contribution < -0.4 is 11.1 Å². The Hall–Kier alpha value is -1.69. The second kappa shape index (κ2) is 6.17. The summed E-state index contributed by atoms with van der Waals surface area (Å²) >= 11 is 0. The maximum Gasteiger partial charge on any atom is 0.251 e. The molecule has 0 bridgehead atoms. The van der Waals surface area contributed by atoms with E-state index in [0.717, 1.165) is 31.8 Å². The fraction of sp³-hybridized carbons (Fsp3) is 0.500. The van der Waals surface area contributed by atoms with Crippen LogP contribution in [-0.2, 0) is 0 Å². The smallest absolute Gasteiger partial charge is 0.251 e. The molecule has 110 valence electrons. The molecule has 3 N–H and O–H groups in total. The molecule has 1 unspecified atom stereocenters. The fourth-order valence-corrected chi connectivity index (χ4v) is 2.42. The van der Waals surface area contributed by atoms with Crippen LogP contribution in [0.4, 0.5) is 14.5 Å². The van der Waals surface area contributed by atoms with Crippen molar-refractivity contribution in [2.24, 2.45) is 0 Å². The van der Waals surface area contributed by atoms with Crippen LogP contribution in [-0.4, -0.2) is 36.5 Å². The van der Waals surface area contributed by atoms with Gasteiger partial charge in [0.15, 0.2) is 0 Å². The van der Waals surface area contributed by atoms with Gasteiger partial charge in [-0.15, -0.1) is 0 Å². The third kappa shape index (κ3) is 3.45. The van der Waals surface area contributed by atoms with Gasteiger partial charge in [0.2, 0.25) is 0 Å². The Bertz CT molecular complexity index is 478. The van der Waals surface area contributed by atoms with Gasteiger partial charge < -0.3 is 16.0 Å². The highest BCUT2D eigenvalue weighted by atomic mass is 19.1. The normalized spacial score (nSPS) is 17.1. The zero-order valence-corrected chi connectivity index (χ0v) is 11.5. The van der Waals surface area contributed by atoms with E-state index >= 15 is 0 Å². The maximum atomic E-state index is 13.3. The summed E-state index contributed by atoms with van der Waals surface area (Å²) in [7, 11) is 0. The van der Waals surface area contributed by atoms with E-state index in [0.29, 0.717) is 0 Å². The average Bonchev–Trinajstić information content (AvgIpc) is 2.87. The van der Waals surface area contributed by atoms with Crippen molar-refractivity contribution in [2.75, 3.05) is 25.4 Å². The number of anilines is 1. The number of hydrogen-bond donors (Lipinski definition) is 2. The van der Waals surface area contributed by atoms with Gasteiger partial charge in [0.05, 0.1) is 0 Å². The molecule has 1 fully saturated rings. The largest absolute Gasteiger partial charge is 0.394 e. The summed E-state index contributed by atoms with van der Waals surface area (Å²) < 4.78 is 26.6. The zero-order chi connectivity index (χ0) is 14.7. The molecule has 0 spiro atoms. The van der Waals surface area contributed by atoms with E-state index in [1.165, 1.54) is 12.8 Å². The minimum Gasteiger partial charge on any atom is -0.394 e. The Labute approximate surface area is 116 Å². The van der Waals surface area contributed by atoms with E-state index in [2.05, 4.69) is 10.2 Å². The van der Waals surface area contributed by atoms with E-state index in [4.69, 9.17) is 5.73 Å². The minimum atomic E-state index is -0.914. The van der Waals surface area contributed by atoms with Crippen LogP contribution in [0.3, 0.4) is 0 Å². The van der Waals surface area contributed by atoms with Crippen LogP contribution in [0, 0.1) is 11.6 Å². The van der Waals surface area contributed by atoms with Crippen LogP contribution in [0.5, 0.6) is 0 Å². The van der Waals surface area contributed by atoms with Gasteiger partial charge >= 0.3 is 0 Å². The van der Waals surface area contributed by atoms with Crippen LogP contribution in [0.15, 0.2) is 12.1 Å². The quantitative estimate of drug-likeness (QED) is 0.828. The predicted octanol–water partition coefficient (Wildman–Crippen LogP) is 1.76. The van der Waals surface area contributed by atoms with Gasteiger partial charge in [0.25, 0.3) is 5.91 Å². The molecule has 1 aliphatic heterocycles. The number of nitrogens with zero attached hydrogens (tertiary/aromatic N) is 1. The Morgan fingerprint density at radius 1 is 1.35 bits per heavy atom. The van der Waals surface area contributed by atoms with Crippen LogP contribution in [0.2, 0.25) is 0 Å². The number of halogens is 2. The number of nitrogen functional groups attached to an aromatic ring is 1. The lowest BCUT2D eigenvalue weighted by atomic mass is 10.1. The fourth-order valence-electron chi connectivity index (χ4n) is 2.42. The van der Waals surface area contributed by atoms with Crippen molar-refractivity contribution >= 4 is 11.6 Å². The lowest BCUT2D eigenvalue weighted by molar-refractivity contribution is 0.0931. The molecule has 6 heteroatoms. The Balaban J connectivity index is 1.97. The highest BCUT2D eigenvalue weighted by Crippen LogP contribution is 2.17. The van der Waals surface area contributed by atoms with Crippen molar-refractivity contribution in [1.29, 1.82) is 0 Å². The van der Waals surface area contributed by atoms with Gasteiger partial charge in [-0.05, 0) is 45.0 Å². The van der Waals surface area contributed by atoms with Crippen LogP contribution >= 0.6 is 0 Å². The van der Waals surface area contributed by atoms with Crippen molar-refractivity contribution in [2.45, 2.75) is 25.8 Å². The third-order valence-electron chi connectivity index (χ3n) is 3.45. The molecule has 0 radical (unpaired) electrons. The van der Waals surface area contributed by atoms with Crippen molar-refractivity contribution in [3.05, 3.63) is 29.3 Å². The average molecular weight is 283 g/mol. The molecule has 1 heterocycles. The van der Waals surface area contributed by atoms with Crippen molar-refractivity contribution in [3.63, 3.8) is 0 Å². The molecule has 1 aromatic rings. The number of carbonyl (C=O) groups is 1. The van der Waals surface area contributed by atoms with Crippen molar-refractivity contribution < 1.29 is 13.6 Å². The first-order valence-electron chi connectivity index (χ1n) is 6.75. The van der Waals surface area contributed by atoms with E-state index in [-0.39, 0.29) is 11.6 Å². The first-order chi connectivity index (χ1) is 9.47. The highest BCUT2D eigenvalue weighted by Gasteiger charge is 2.18. The molecule has 1 aromatic carbocycles. The predicted molar refractivity (Wildman–Crippen MR) is 73.4 cm³/mol. The Morgan fingerprint density at radius 2 is 1.90 bits per heavy atom. The number of amides is 1. The van der Waals surface area contributed by atoms with Gasteiger partial charge in [0.1, 0.15) is 17.3 Å². The summed E-state index contributed by atoms with van der Waals surface area (Å²) in [4.78, 5) is 14.2. The molecule has 0 aromatic heterocycles. The summed E-state index contributed by atoms with van der Waals surface area (Å²) in [6.45, 7) is 4.68. The van der Waals surface area contributed by atoms with Crippen LogP contribution in [0.25, 0.3) is 0 Å². The van der Waals surface area contributed by atoms with Gasteiger partial charge in [-0.1, -0.05) is 0 Å². The molecular formula is C14H19F2N3O. The van der Waals surface area contributed by atoms with Crippen molar-refractivity contribution in [1.82, 2.24) is 10.2 Å². The first-order valence-corrected chi connectivity index (χ1v) is 6.75. The van der Waals surface area contributed by atoms with Gasteiger partial charge in [0, 0.05) is 18.2 Å². The minimum absolute atomic E-state index is 0.0533. The summed E-state index contributed by atoms with van der Waals surface area (Å²) in [6, 6.07) is 1.83. The molecule has 1 amide bonds. The van der Waals surface area contributed by atoms with Gasteiger partial charge in [-0.25, -0.2) is 8.78 Å². The summed E-state index contributed by atoms with van der Waals surface area (Å²) in [5, 5.41) is 2.74. The lowest BCUT2D eigenvalue weighted by Crippen LogP contribution is -2.41. The van der Waals surface area contributed by atoms with E-state index < -0.39 is 23.2 Å². The number of carbonyl (C=O) groups excluding carboxylic acids is 1. The number of hydrogen-bond acceptors (Lipinski definition) is 3. The zero-order valence-electron chi connectivity index (χ0n) is 11.5. The number of nitrogens with one attached hydrogen (secondary N) is 1. The van der Waals surface area contributed by atoms with Gasteiger partial charge in [-0.2, -0.15) is 0 Å². The SMILES string of the molecule is CC(CN1CCCC1)NC(=O)c1cc(F)c(N)c(F)c1. The summed E-state index contributed by atoms with van der Waals surface area (Å²) in [6.07, 6.45) is 2.35. The molecule has 0 aliphatic carbocycles. The standard InChI is InChI=1S/C14H19F2N3O/c1-9(8-19-4-2-3-5-19)18-14(20)10-6-11(15)13(17)12(16)7-10/h6-7,9H,2-5,8,17H2,1H3,(H,18,20). The Morgan fingerprint density at radius 3 is 2.45 bits per heavy atom. The molecule has 4 nitrogen and oxygen atoms in total.